The minimum Gasteiger partial charge on any atom is -0.344 e. The molecule has 1 atom stereocenters. The first-order valence-corrected chi connectivity index (χ1v) is 9.36. The van der Waals surface area contributed by atoms with Crippen LogP contribution in [0, 0.1) is 5.92 Å². The van der Waals surface area contributed by atoms with Gasteiger partial charge in [0.25, 0.3) is 0 Å². The molecule has 1 aliphatic carbocycles. The highest BCUT2D eigenvalue weighted by Crippen LogP contribution is 2.28. The zero-order chi connectivity index (χ0) is 18.2. The van der Waals surface area contributed by atoms with Crippen molar-refractivity contribution in [1.82, 2.24) is 20.0 Å². The lowest BCUT2D eigenvalue weighted by atomic mass is 9.97. The number of aromatic nitrogens is 2. The Balaban J connectivity index is 1.92. The standard InChI is InChI=1S/C18H31N5O2/c1-4-22(5-2)10-11-23-13-16(12-19-23)21-18(25)17(20-14(3)24)15-8-6-7-9-15/h12-13,15,17H,4-11H2,1-3H3,(H,20,24)(H,21,25). The van der Waals surface area contributed by atoms with Gasteiger partial charge in [-0.25, -0.2) is 0 Å². The van der Waals surface area contributed by atoms with E-state index in [1.807, 2.05) is 10.9 Å². The first-order valence-electron chi connectivity index (χ1n) is 9.36. The van der Waals surface area contributed by atoms with E-state index in [1.165, 1.54) is 6.92 Å². The van der Waals surface area contributed by atoms with E-state index in [0.29, 0.717) is 5.69 Å². The Morgan fingerprint density at radius 1 is 1.32 bits per heavy atom. The largest absolute Gasteiger partial charge is 0.344 e. The molecule has 1 unspecified atom stereocenters. The Morgan fingerprint density at radius 3 is 2.60 bits per heavy atom. The summed E-state index contributed by atoms with van der Waals surface area (Å²) in [7, 11) is 0. The number of carbonyl (C=O) groups is 2. The van der Waals surface area contributed by atoms with E-state index in [1.54, 1.807) is 6.20 Å². The molecule has 0 bridgehead atoms. The third kappa shape index (κ3) is 5.85. The first-order chi connectivity index (χ1) is 12.0. The van der Waals surface area contributed by atoms with Crippen molar-refractivity contribution in [1.29, 1.82) is 0 Å². The third-order valence-electron chi connectivity index (χ3n) is 4.95. The lowest BCUT2D eigenvalue weighted by molar-refractivity contribution is -0.126. The van der Waals surface area contributed by atoms with Gasteiger partial charge >= 0.3 is 0 Å². The molecule has 7 nitrogen and oxygen atoms in total. The Bertz CT molecular complexity index is 562. The molecule has 0 aromatic carbocycles. The van der Waals surface area contributed by atoms with Crippen molar-refractivity contribution in [3.05, 3.63) is 12.4 Å². The lowest BCUT2D eigenvalue weighted by Gasteiger charge is -2.22. The van der Waals surface area contributed by atoms with Gasteiger partial charge in [0.05, 0.1) is 18.4 Å². The van der Waals surface area contributed by atoms with Crippen molar-refractivity contribution in [2.45, 2.75) is 59.0 Å². The smallest absolute Gasteiger partial charge is 0.247 e. The zero-order valence-electron chi connectivity index (χ0n) is 15.6. The molecule has 1 aromatic rings. The van der Waals surface area contributed by atoms with Crippen LogP contribution in [0.2, 0.25) is 0 Å². The van der Waals surface area contributed by atoms with Crippen LogP contribution in [0.5, 0.6) is 0 Å². The fourth-order valence-corrected chi connectivity index (χ4v) is 3.46. The summed E-state index contributed by atoms with van der Waals surface area (Å²) >= 11 is 0. The second kappa shape index (κ2) is 9.56. The minimum atomic E-state index is -0.459. The van der Waals surface area contributed by atoms with Crippen molar-refractivity contribution < 1.29 is 9.59 Å². The molecule has 2 N–H and O–H groups in total. The van der Waals surface area contributed by atoms with E-state index >= 15 is 0 Å². The van der Waals surface area contributed by atoms with E-state index in [0.717, 1.165) is 51.9 Å². The van der Waals surface area contributed by atoms with Crippen LogP contribution in [0.25, 0.3) is 0 Å². The lowest BCUT2D eigenvalue weighted by Crippen LogP contribution is -2.47. The highest BCUT2D eigenvalue weighted by Gasteiger charge is 2.31. The van der Waals surface area contributed by atoms with Crippen LogP contribution < -0.4 is 10.6 Å². The summed E-state index contributed by atoms with van der Waals surface area (Å²) in [6.07, 6.45) is 7.73. The maximum absolute atomic E-state index is 12.6. The molecule has 1 aromatic heterocycles. The summed E-state index contributed by atoms with van der Waals surface area (Å²) in [4.78, 5) is 26.4. The number of nitrogens with zero attached hydrogens (tertiary/aromatic N) is 3. The Labute approximate surface area is 150 Å². The fraction of sp³-hybridized carbons (Fsp3) is 0.722. The second-order valence-corrected chi connectivity index (χ2v) is 6.73. The molecule has 7 heteroatoms. The molecule has 25 heavy (non-hydrogen) atoms. The Morgan fingerprint density at radius 2 is 2.00 bits per heavy atom. The van der Waals surface area contributed by atoms with E-state index in [-0.39, 0.29) is 17.7 Å². The number of carbonyl (C=O) groups excluding carboxylic acids is 2. The number of rotatable bonds is 9. The molecule has 140 valence electrons. The van der Waals surface area contributed by atoms with Gasteiger partial charge in [-0.3, -0.25) is 14.3 Å². The van der Waals surface area contributed by atoms with Crippen LogP contribution in [-0.2, 0) is 16.1 Å². The third-order valence-corrected chi connectivity index (χ3v) is 4.95. The van der Waals surface area contributed by atoms with Gasteiger partial charge in [0, 0.05) is 19.7 Å². The summed E-state index contributed by atoms with van der Waals surface area (Å²) in [6, 6.07) is -0.459. The molecular formula is C18H31N5O2. The summed E-state index contributed by atoms with van der Waals surface area (Å²) < 4.78 is 1.84. The molecular weight excluding hydrogens is 318 g/mol. The van der Waals surface area contributed by atoms with E-state index in [9.17, 15) is 9.59 Å². The van der Waals surface area contributed by atoms with Crippen LogP contribution in [0.3, 0.4) is 0 Å². The van der Waals surface area contributed by atoms with Crippen molar-refractivity contribution in [2.24, 2.45) is 5.92 Å². The number of anilines is 1. The average molecular weight is 349 g/mol. The maximum atomic E-state index is 12.6. The molecule has 2 amide bonds. The van der Waals surface area contributed by atoms with Gasteiger partial charge in [-0.15, -0.1) is 0 Å². The predicted octanol–water partition coefficient (Wildman–Crippen LogP) is 1.86. The quantitative estimate of drug-likeness (QED) is 0.713. The number of nitrogens with one attached hydrogen (secondary N) is 2. The molecule has 1 aliphatic rings. The number of likely N-dealkylation sites (N-methyl/N-ethyl adjacent to an activating group) is 1. The monoisotopic (exact) mass is 349 g/mol. The highest BCUT2D eigenvalue weighted by molar-refractivity contribution is 5.97. The topological polar surface area (TPSA) is 79.3 Å². The van der Waals surface area contributed by atoms with Crippen LogP contribution in [-0.4, -0.2) is 52.2 Å². The SMILES string of the molecule is CCN(CC)CCn1cc(NC(=O)C(NC(C)=O)C2CCCC2)cn1. The summed E-state index contributed by atoms with van der Waals surface area (Å²) in [5, 5.41) is 10.0. The van der Waals surface area contributed by atoms with E-state index < -0.39 is 6.04 Å². The summed E-state index contributed by atoms with van der Waals surface area (Å²) in [5.74, 6) is -0.0889. The van der Waals surface area contributed by atoms with Gasteiger partial charge in [-0.2, -0.15) is 5.10 Å². The summed E-state index contributed by atoms with van der Waals surface area (Å²) in [6.45, 7) is 9.49. The Hall–Kier alpha value is -1.89. The van der Waals surface area contributed by atoms with Gasteiger partial charge < -0.3 is 15.5 Å². The van der Waals surface area contributed by atoms with Gasteiger partial charge in [-0.1, -0.05) is 26.7 Å². The summed E-state index contributed by atoms with van der Waals surface area (Å²) in [5.41, 5.74) is 0.679. The van der Waals surface area contributed by atoms with E-state index in [4.69, 9.17) is 0 Å². The van der Waals surface area contributed by atoms with Crippen LogP contribution in [0.15, 0.2) is 12.4 Å². The van der Waals surface area contributed by atoms with E-state index in [2.05, 4.69) is 34.5 Å². The molecule has 1 fully saturated rings. The molecule has 0 aliphatic heterocycles. The normalized spacial score (nSPS) is 16.2. The predicted molar refractivity (Wildman–Crippen MR) is 98.2 cm³/mol. The van der Waals surface area contributed by atoms with Crippen LogP contribution in [0.4, 0.5) is 5.69 Å². The second-order valence-electron chi connectivity index (χ2n) is 6.73. The number of hydrogen-bond donors (Lipinski definition) is 2. The van der Waals surface area contributed by atoms with Gasteiger partial charge in [0.2, 0.25) is 11.8 Å². The van der Waals surface area contributed by atoms with Gasteiger partial charge in [-0.05, 0) is 31.8 Å². The first kappa shape index (κ1) is 19.4. The molecule has 1 heterocycles. The van der Waals surface area contributed by atoms with Crippen LogP contribution in [0.1, 0.15) is 46.5 Å². The highest BCUT2D eigenvalue weighted by atomic mass is 16.2. The molecule has 1 saturated carbocycles. The van der Waals surface area contributed by atoms with Crippen molar-refractivity contribution in [2.75, 3.05) is 25.0 Å². The average Bonchev–Trinajstić information content (AvgIpc) is 3.25. The molecule has 0 saturated heterocycles. The van der Waals surface area contributed by atoms with Crippen molar-refractivity contribution >= 4 is 17.5 Å². The van der Waals surface area contributed by atoms with Crippen molar-refractivity contribution in [3.63, 3.8) is 0 Å². The van der Waals surface area contributed by atoms with Crippen molar-refractivity contribution in [3.8, 4) is 0 Å². The van der Waals surface area contributed by atoms with Crippen LogP contribution >= 0.6 is 0 Å². The minimum absolute atomic E-state index is 0.148. The van der Waals surface area contributed by atoms with Gasteiger partial charge in [0.15, 0.2) is 0 Å². The van der Waals surface area contributed by atoms with Gasteiger partial charge in [0.1, 0.15) is 6.04 Å². The molecule has 2 rings (SSSR count). The fourth-order valence-electron chi connectivity index (χ4n) is 3.46. The molecule has 0 radical (unpaired) electrons. The number of hydrogen-bond acceptors (Lipinski definition) is 4. The number of amides is 2. The maximum Gasteiger partial charge on any atom is 0.247 e. The molecule has 0 spiro atoms. The Kier molecular flexibility index (Phi) is 7.43. The zero-order valence-corrected chi connectivity index (χ0v) is 15.6.